The van der Waals surface area contributed by atoms with Gasteiger partial charge in [-0.05, 0) is 12.0 Å². The first-order valence-corrected chi connectivity index (χ1v) is 4.79. The van der Waals surface area contributed by atoms with Crippen molar-refractivity contribution in [2.75, 3.05) is 0 Å². The van der Waals surface area contributed by atoms with Crippen LogP contribution in [-0.4, -0.2) is 5.97 Å². The summed E-state index contributed by atoms with van der Waals surface area (Å²) in [5.41, 5.74) is 3.73. The second kappa shape index (κ2) is 6.16. The van der Waals surface area contributed by atoms with Crippen LogP contribution in [0.5, 0.6) is 0 Å². The molecule has 0 unspecified atom stereocenters. The maximum atomic E-state index is 10.9. The predicted octanol–water partition coefficient (Wildman–Crippen LogP) is 2.03. The zero-order chi connectivity index (χ0) is 10.2. The molecule has 0 atom stereocenters. The van der Waals surface area contributed by atoms with Gasteiger partial charge in [0.05, 0.1) is 6.54 Å². The third kappa shape index (κ3) is 4.05. The summed E-state index contributed by atoms with van der Waals surface area (Å²) in [6.45, 7) is 2.49. The molecule has 1 aromatic carbocycles. The summed E-state index contributed by atoms with van der Waals surface area (Å²) in [5.74, 6) is -0.205. The molecule has 0 aliphatic rings. The Balaban J connectivity index is 2.19. The third-order valence-corrected chi connectivity index (χ3v) is 1.76. The molecular formula is C11H15NO2. The molecule has 1 N–H and O–H groups in total. The lowest BCUT2D eigenvalue weighted by Gasteiger charge is -2.04. The van der Waals surface area contributed by atoms with E-state index < -0.39 is 0 Å². The number of carbonyl (C=O) groups is 1. The molecule has 0 saturated heterocycles. The quantitative estimate of drug-likeness (QED) is 0.727. The highest BCUT2D eigenvalue weighted by atomic mass is 16.7. The number of hydrogen-bond donors (Lipinski definition) is 1. The monoisotopic (exact) mass is 193 g/mol. The molecule has 0 aromatic heterocycles. The Kier molecular flexibility index (Phi) is 4.72. The zero-order valence-corrected chi connectivity index (χ0v) is 8.32. The van der Waals surface area contributed by atoms with Crippen LogP contribution < -0.4 is 5.48 Å². The highest BCUT2D eigenvalue weighted by Crippen LogP contribution is 1.97. The van der Waals surface area contributed by atoms with Crippen LogP contribution in [0.3, 0.4) is 0 Å². The van der Waals surface area contributed by atoms with Crippen LogP contribution in [0, 0.1) is 0 Å². The minimum atomic E-state index is -0.205. The summed E-state index contributed by atoms with van der Waals surface area (Å²) in [5, 5.41) is 0. The minimum absolute atomic E-state index is 0.205. The maximum Gasteiger partial charge on any atom is 0.324 e. The Bertz CT molecular complexity index is 272. The van der Waals surface area contributed by atoms with E-state index in [9.17, 15) is 4.79 Å². The van der Waals surface area contributed by atoms with Crippen molar-refractivity contribution in [3.05, 3.63) is 35.9 Å². The summed E-state index contributed by atoms with van der Waals surface area (Å²) < 4.78 is 0. The Hall–Kier alpha value is -1.35. The SMILES string of the molecule is CCCC(=O)ONCc1ccccc1. The molecule has 0 radical (unpaired) electrons. The smallest absolute Gasteiger partial charge is 0.324 e. The topological polar surface area (TPSA) is 38.3 Å². The van der Waals surface area contributed by atoms with Gasteiger partial charge in [0.25, 0.3) is 0 Å². The van der Waals surface area contributed by atoms with Crippen LogP contribution >= 0.6 is 0 Å². The van der Waals surface area contributed by atoms with Gasteiger partial charge < -0.3 is 4.84 Å². The van der Waals surface area contributed by atoms with Gasteiger partial charge in [0.2, 0.25) is 0 Å². The lowest BCUT2D eigenvalue weighted by atomic mass is 10.2. The number of carbonyl (C=O) groups excluding carboxylic acids is 1. The molecule has 76 valence electrons. The third-order valence-electron chi connectivity index (χ3n) is 1.76. The molecule has 0 amide bonds. The van der Waals surface area contributed by atoms with Crippen molar-refractivity contribution in [2.24, 2.45) is 0 Å². The molecule has 1 aromatic rings. The van der Waals surface area contributed by atoms with Crippen molar-refractivity contribution in [1.29, 1.82) is 0 Å². The summed E-state index contributed by atoms with van der Waals surface area (Å²) in [4.78, 5) is 15.7. The van der Waals surface area contributed by atoms with E-state index in [1.165, 1.54) is 0 Å². The van der Waals surface area contributed by atoms with Crippen LogP contribution in [0.15, 0.2) is 30.3 Å². The highest BCUT2D eigenvalue weighted by molar-refractivity contribution is 5.68. The molecule has 14 heavy (non-hydrogen) atoms. The van der Waals surface area contributed by atoms with Crippen LogP contribution in [0.1, 0.15) is 25.3 Å². The van der Waals surface area contributed by atoms with E-state index in [-0.39, 0.29) is 5.97 Å². The Morgan fingerprint density at radius 2 is 2.07 bits per heavy atom. The molecule has 0 aliphatic carbocycles. The fraction of sp³-hybridized carbons (Fsp3) is 0.364. The van der Waals surface area contributed by atoms with Crippen molar-refractivity contribution >= 4 is 5.97 Å². The molecule has 0 aliphatic heterocycles. The van der Waals surface area contributed by atoms with Crippen molar-refractivity contribution in [3.8, 4) is 0 Å². The van der Waals surface area contributed by atoms with Gasteiger partial charge in [0, 0.05) is 6.42 Å². The van der Waals surface area contributed by atoms with Gasteiger partial charge in [-0.2, -0.15) is 0 Å². The van der Waals surface area contributed by atoms with Crippen LogP contribution in [0.2, 0.25) is 0 Å². The Morgan fingerprint density at radius 3 is 2.71 bits per heavy atom. The van der Waals surface area contributed by atoms with Crippen molar-refractivity contribution in [2.45, 2.75) is 26.3 Å². The van der Waals surface area contributed by atoms with Crippen LogP contribution in [0.4, 0.5) is 0 Å². The number of nitrogens with one attached hydrogen (secondary N) is 1. The van der Waals surface area contributed by atoms with Gasteiger partial charge in [0.15, 0.2) is 0 Å². The fourth-order valence-corrected chi connectivity index (χ4v) is 1.05. The van der Waals surface area contributed by atoms with Gasteiger partial charge in [-0.15, -0.1) is 5.48 Å². The van der Waals surface area contributed by atoms with Gasteiger partial charge in [0.1, 0.15) is 0 Å². The maximum absolute atomic E-state index is 10.9. The molecule has 0 fully saturated rings. The van der Waals surface area contributed by atoms with E-state index >= 15 is 0 Å². The molecule has 0 bridgehead atoms. The lowest BCUT2D eigenvalue weighted by molar-refractivity contribution is -0.151. The van der Waals surface area contributed by atoms with Crippen molar-refractivity contribution < 1.29 is 9.63 Å². The average Bonchev–Trinajstić information content (AvgIpc) is 2.20. The van der Waals surface area contributed by atoms with E-state index in [0.717, 1.165) is 12.0 Å². The van der Waals surface area contributed by atoms with Crippen molar-refractivity contribution in [1.82, 2.24) is 5.48 Å². The van der Waals surface area contributed by atoms with Gasteiger partial charge >= 0.3 is 5.97 Å². The van der Waals surface area contributed by atoms with Gasteiger partial charge in [-0.25, -0.2) is 0 Å². The standard InChI is InChI=1S/C11H15NO2/c1-2-6-11(13)14-12-9-10-7-4-3-5-8-10/h3-5,7-8,12H,2,6,9H2,1H3. The molecule has 0 spiro atoms. The molecule has 3 nitrogen and oxygen atoms in total. The summed E-state index contributed by atoms with van der Waals surface area (Å²) in [6.07, 6.45) is 1.27. The van der Waals surface area contributed by atoms with Crippen molar-refractivity contribution in [3.63, 3.8) is 0 Å². The van der Waals surface area contributed by atoms with Gasteiger partial charge in [-0.1, -0.05) is 37.3 Å². The largest absolute Gasteiger partial charge is 0.370 e. The summed E-state index contributed by atoms with van der Waals surface area (Å²) in [6, 6.07) is 9.80. The molecule has 3 heteroatoms. The first kappa shape index (κ1) is 10.7. The van der Waals surface area contributed by atoms with E-state index in [0.29, 0.717) is 13.0 Å². The highest BCUT2D eigenvalue weighted by Gasteiger charge is 1.99. The normalized spacial score (nSPS) is 9.79. The number of hydrogen-bond acceptors (Lipinski definition) is 3. The summed E-state index contributed by atoms with van der Waals surface area (Å²) in [7, 11) is 0. The molecular weight excluding hydrogens is 178 g/mol. The fourth-order valence-electron chi connectivity index (χ4n) is 1.05. The minimum Gasteiger partial charge on any atom is -0.370 e. The van der Waals surface area contributed by atoms with E-state index in [2.05, 4.69) is 5.48 Å². The first-order valence-electron chi connectivity index (χ1n) is 4.79. The first-order chi connectivity index (χ1) is 6.83. The average molecular weight is 193 g/mol. The molecule has 0 heterocycles. The van der Waals surface area contributed by atoms with E-state index in [4.69, 9.17) is 4.84 Å². The van der Waals surface area contributed by atoms with Gasteiger partial charge in [-0.3, -0.25) is 4.79 Å². The number of hydroxylamine groups is 1. The Labute approximate surface area is 84.0 Å². The summed E-state index contributed by atoms with van der Waals surface area (Å²) >= 11 is 0. The molecule has 0 saturated carbocycles. The van der Waals surface area contributed by atoms with Crippen LogP contribution in [0.25, 0.3) is 0 Å². The van der Waals surface area contributed by atoms with E-state index in [1.807, 2.05) is 37.3 Å². The number of benzene rings is 1. The predicted molar refractivity (Wildman–Crippen MR) is 54.3 cm³/mol. The zero-order valence-electron chi connectivity index (χ0n) is 8.32. The second-order valence-corrected chi connectivity index (χ2v) is 3.03. The van der Waals surface area contributed by atoms with E-state index in [1.54, 1.807) is 0 Å². The number of rotatable bonds is 5. The Morgan fingerprint density at radius 1 is 1.36 bits per heavy atom. The lowest BCUT2D eigenvalue weighted by Crippen LogP contribution is -2.19. The molecule has 1 rings (SSSR count). The second-order valence-electron chi connectivity index (χ2n) is 3.03. The van der Waals surface area contributed by atoms with Crippen LogP contribution in [-0.2, 0) is 16.2 Å².